The summed E-state index contributed by atoms with van der Waals surface area (Å²) >= 11 is 0. The number of hydrogen-bond donors (Lipinski definition) is 2. The molecule has 0 fully saturated rings. The third kappa shape index (κ3) is 5.64. The fourth-order valence-corrected chi connectivity index (χ4v) is 2.46. The number of nitrogens with one attached hydrogen (secondary N) is 2. The first-order chi connectivity index (χ1) is 14.0. The molecule has 0 aliphatic carbocycles. The molecule has 3 rings (SSSR count). The summed E-state index contributed by atoms with van der Waals surface area (Å²) in [6, 6.07) is 21.3. The molecule has 0 bridgehead atoms. The zero-order valence-electron chi connectivity index (χ0n) is 15.2. The maximum atomic E-state index is 12.2. The lowest BCUT2D eigenvalue weighted by Gasteiger charge is -2.08. The predicted octanol–water partition coefficient (Wildman–Crippen LogP) is 3.76. The van der Waals surface area contributed by atoms with E-state index >= 15 is 0 Å². The minimum absolute atomic E-state index is 0.135. The number of ether oxygens (including phenoxy) is 1. The Morgan fingerprint density at radius 1 is 0.897 bits per heavy atom. The van der Waals surface area contributed by atoms with Crippen molar-refractivity contribution in [2.24, 2.45) is 0 Å². The number of nitrogens with zero attached hydrogens (tertiary/aromatic N) is 1. The first-order valence-corrected chi connectivity index (χ1v) is 8.67. The van der Waals surface area contributed by atoms with Crippen LogP contribution in [-0.4, -0.2) is 23.3 Å². The Labute approximate surface area is 166 Å². The molecule has 0 saturated carbocycles. The summed E-state index contributed by atoms with van der Waals surface area (Å²) in [6.45, 7) is -0.274. The maximum absolute atomic E-state index is 12.2. The number of anilines is 1. The second-order valence-electron chi connectivity index (χ2n) is 5.98. The Morgan fingerprint density at radius 2 is 1.59 bits per heavy atom. The quantitative estimate of drug-likeness (QED) is 0.471. The first kappa shape index (κ1) is 19.6. The van der Waals surface area contributed by atoms with E-state index in [1.54, 1.807) is 24.3 Å². The second kappa shape index (κ2) is 9.14. The van der Waals surface area contributed by atoms with Crippen LogP contribution < -0.4 is 15.4 Å². The van der Waals surface area contributed by atoms with Crippen molar-refractivity contribution < 1.29 is 19.2 Å². The van der Waals surface area contributed by atoms with Gasteiger partial charge in [-0.3, -0.25) is 19.7 Å². The highest BCUT2D eigenvalue weighted by atomic mass is 16.6. The number of hydrogen-bond acceptors (Lipinski definition) is 5. The van der Waals surface area contributed by atoms with E-state index in [2.05, 4.69) is 10.6 Å². The van der Waals surface area contributed by atoms with Gasteiger partial charge in [-0.1, -0.05) is 24.3 Å². The van der Waals surface area contributed by atoms with Crippen LogP contribution in [0.3, 0.4) is 0 Å². The lowest BCUT2D eigenvalue weighted by Crippen LogP contribution is -2.32. The van der Waals surface area contributed by atoms with Gasteiger partial charge in [0.05, 0.1) is 11.5 Å². The minimum atomic E-state index is -0.553. The second-order valence-corrected chi connectivity index (χ2v) is 5.98. The monoisotopic (exact) mass is 391 g/mol. The molecule has 3 aromatic carbocycles. The molecule has 0 aliphatic rings. The first-order valence-electron chi connectivity index (χ1n) is 8.67. The number of carbonyl (C=O) groups is 2. The third-order valence-electron chi connectivity index (χ3n) is 3.85. The van der Waals surface area contributed by atoms with Crippen LogP contribution in [0.5, 0.6) is 11.5 Å². The van der Waals surface area contributed by atoms with Crippen molar-refractivity contribution in [2.45, 2.75) is 0 Å². The molecule has 29 heavy (non-hydrogen) atoms. The zero-order valence-corrected chi connectivity index (χ0v) is 15.2. The molecule has 146 valence electrons. The largest absolute Gasteiger partial charge is 0.457 e. The molecule has 0 heterocycles. The molecule has 0 aliphatic heterocycles. The van der Waals surface area contributed by atoms with Crippen LogP contribution in [0.15, 0.2) is 78.9 Å². The van der Waals surface area contributed by atoms with Gasteiger partial charge in [-0.05, 0) is 42.5 Å². The molecule has 0 aromatic heterocycles. The van der Waals surface area contributed by atoms with Gasteiger partial charge >= 0.3 is 0 Å². The minimum Gasteiger partial charge on any atom is -0.457 e. The van der Waals surface area contributed by atoms with E-state index in [0.29, 0.717) is 17.1 Å². The Kier molecular flexibility index (Phi) is 6.16. The Morgan fingerprint density at radius 3 is 2.28 bits per heavy atom. The topological polar surface area (TPSA) is 111 Å². The van der Waals surface area contributed by atoms with Gasteiger partial charge in [0.2, 0.25) is 5.91 Å². The van der Waals surface area contributed by atoms with E-state index in [1.807, 2.05) is 30.3 Å². The van der Waals surface area contributed by atoms with Gasteiger partial charge in [0, 0.05) is 23.4 Å². The fraction of sp³-hybridized carbons (Fsp3) is 0.0476. The Hall–Kier alpha value is -4.20. The molecule has 3 aromatic rings. The molecule has 0 atom stereocenters. The van der Waals surface area contributed by atoms with Gasteiger partial charge < -0.3 is 15.4 Å². The molecule has 8 nitrogen and oxygen atoms in total. The number of nitro groups is 1. The van der Waals surface area contributed by atoms with Crippen molar-refractivity contribution in [3.8, 4) is 11.5 Å². The number of benzene rings is 3. The lowest BCUT2D eigenvalue weighted by atomic mass is 10.2. The maximum Gasteiger partial charge on any atom is 0.271 e. The Bertz CT molecular complexity index is 1020. The molecule has 8 heteroatoms. The van der Waals surface area contributed by atoms with E-state index in [0.717, 1.165) is 0 Å². The van der Waals surface area contributed by atoms with Crippen LogP contribution in [0, 0.1) is 10.1 Å². The van der Waals surface area contributed by atoms with Crippen LogP contribution >= 0.6 is 0 Å². The summed E-state index contributed by atoms with van der Waals surface area (Å²) in [5, 5.41) is 15.8. The summed E-state index contributed by atoms with van der Waals surface area (Å²) in [4.78, 5) is 34.4. The highest BCUT2D eigenvalue weighted by Crippen LogP contribution is 2.21. The van der Waals surface area contributed by atoms with E-state index in [1.165, 1.54) is 24.3 Å². The number of amides is 2. The van der Waals surface area contributed by atoms with E-state index in [4.69, 9.17) is 4.74 Å². The molecule has 0 spiro atoms. The lowest BCUT2D eigenvalue weighted by molar-refractivity contribution is -0.384. The summed E-state index contributed by atoms with van der Waals surface area (Å²) in [6.07, 6.45) is 0. The standard InChI is InChI=1S/C21H17N3O5/c25-20(23-16-5-4-6-17(13-16)24(27)28)14-22-21(26)15-9-11-19(12-10-15)29-18-7-2-1-3-8-18/h1-13H,14H2,(H,22,26)(H,23,25). The molecule has 0 unspecified atom stereocenters. The summed E-state index contributed by atoms with van der Waals surface area (Å²) in [5.41, 5.74) is 0.513. The van der Waals surface area contributed by atoms with E-state index in [9.17, 15) is 19.7 Å². The average molecular weight is 391 g/mol. The third-order valence-corrected chi connectivity index (χ3v) is 3.85. The van der Waals surface area contributed by atoms with Gasteiger partial charge in [0.25, 0.3) is 11.6 Å². The van der Waals surface area contributed by atoms with Crippen molar-refractivity contribution in [2.75, 3.05) is 11.9 Å². The summed E-state index contributed by atoms with van der Waals surface area (Å²) < 4.78 is 5.66. The van der Waals surface area contributed by atoms with Gasteiger partial charge in [-0.2, -0.15) is 0 Å². The number of rotatable bonds is 7. The van der Waals surface area contributed by atoms with Crippen molar-refractivity contribution in [3.63, 3.8) is 0 Å². The molecule has 0 radical (unpaired) electrons. The highest BCUT2D eigenvalue weighted by molar-refractivity contribution is 5.99. The normalized spacial score (nSPS) is 10.1. The average Bonchev–Trinajstić information content (AvgIpc) is 2.73. The SMILES string of the molecule is O=C(CNC(=O)c1ccc(Oc2ccccc2)cc1)Nc1cccc([N+](=O)[O-])c1. The van der Waals surface area contributed by atoms with Crippen LogP contribution in [0.2, 0.25) is 0 Å². The number of carbonyl (C=O) groups excluding carboxylic acids is 2. The van der Waals surface area contributed by atoms with Crippen molar-refractivity contribution in [1.82, 2.24) is 5.32 Å². The molecular formula is C21H17N3O5. The molecular weight excluding hydrogens is 374 g/mol. The van der Waals surface area contributed by atoms with Crippen LogP contribution in [0.25, 0.3) is 0 Å². The van der Waals surface area contributed by atoms with Crippen LogP contribution in [0.4, 0.5) is 11.4 Å². The van der Waals surface area contributed by atoms with Crippen molar-refractivity contribution in [3.05, 3.63) is 94.5 Å². The number of para-hydroxylation sites is 1. The van der Waals surface area contributed by atoms with Gasteiger partial charge in [-0.15, -0.1) is 0 Å². The van der Waals surface area contributed by atoms with Crippen LogP contribution in [0.1, 0.15) is 10.4 Å². The summed E-state index contributed by atoms with van der Waals surface area (Å²) in [7, 11) is 0. The summed E-state index contributed by atoms with van der Waals surface area (Å²) in [5.74, 6) is 0.340. The zero-order chi connectivity index (χ0) is 20.6. The van der Waals surface area contributed by atoms with Crippen LogP contribution in [-0.2, 0) is 4.79 Å². The predicted molar refractivity (Wildman–Crippen MR) is 107 cm³/mol. The molecule has 2 amide bonds. The molecule has 0 saturated heterocycles. The Balaban J connectivity index is 1.51. The van der Waals surface area contributed by atoms with E-state index < -0.39 is 16.7 Å². The van der Waals surface area contributed by atoms with Crippen molar-refractivity contribution >= 4 is 23.2 Å². The van der Waals surface area contributed by atoms with Gasteiger partial charge in [0.15, 0.2) is 0 Å². The number of nitro benzene ring substituents is 1. The fourth-order valence-electron chi connectivity index (χ4n) is 2.46. The number of non-ortho nitro benzene ring substituents is 1. The highest BCUT2D eigenvalue weighted by Gasteiger charge is 2.11. The van der Waals surface area contributed by atoms with Gasteiger partial charge in [-0.25, -0.2) is 0 Å². The van der Waals surface area contributed by atoms with Gasteiger partial charge in [0.1, 0.15) is 11.5 Å². The molecule has 2 N–H and O–H groups in total. The van der Waals surface area contributed by atoms with Crippen molar-refractivity contribution in [1.29, 1.82) is 0 Å². The smallest absolute Gasteiger partial charge is 0.271 e. The van der Waals surface area contributed by atoms with E-state index in [-0.39, 0.29) is 17.9 Å².